The second kappa shape index (κ2) is 7.44. The molecule has 3 aliphatic rings. The third-order valence-corrected chi connectivity index (χ3v) is 9.26. The van der Waals surface area contributed by atoms with Crippen molar-refractivity contribution in [3.05, 3.63) is 28.8 Å². The summed E-state index contributed by atoms with van der Waals surface area (Å²) >= 11 is 0. The van der Waals surface area contributed by atoms with Crippen molar-refractivity contribution < 1.29 is 0 Å². The van der Waals surface area contributed by atoms with Crippen molar-refractivity contribution in [1.29, 1.82) is 0 Å². The van der Waals surface area contributed by atoms with Gasteiger partial charge < -0.3 is 5.73 Å². The summed E-state index contributed by atoms with van der Waals surface area (Å²) < 4.78 is 0. The van der Waals surface area contributed by atoms with Crippen LogP contribution in [0, 0.1) is 34.5 Å². The molecule has 2 fully saturated rings. The van der Waals surface area contributed by atoms with Gasteiger partial charge in [0.05, 0.1) is 0 Å². The zero-order valence-corrected chi connectivity index (χ0v) is 18.5. The predicted octanol–water partition coefficient (Wildman–Crippen LogP) is 7.08. The molecule has 0 radical (unpaired) electrons. The number of aryl methyl sites for hydroxylation is 1. The number of unbranched alkanes of at least 4 members (excludes halogenated alkanes) is 2. The molecule has 0 spiro atoms. The van der Waals surface area contributed by atoms with Crippen molar-refractivity contribution in [2.24, 2.45) is 22.7 Å². The largest absolute Gasteiger partial charge is 0.398 e. The number of nitrogen functional groups attached to an aromatic ring is 1. The van der Waals surface area contributed by atoms with Crippen molar-refractivity contribution in [3.63, 3.8) is 0 Å². The van der Waals surface area contributed by atoms with E-state index >= 15 is 0 Å². The highest BCUT2D eigenvalue weighted by molar-refractivity contribution is 5.60. The average Bonchev–Trinajstić information content (AvgIpc) is 2.94. The summed E-state index contributed by atoms with van der Waals surface area (Å²) in [5.41, 5.74) is 12.4. The van der Waals surface area contributed by atoms with Gasteiger partial charge in [0.2, 0.25) is 0 Å². The summed E-state index contributed by atoms with van der Waals surface area (Å²) in [4.78, 5) is 0. The Morgan fingerprint density at radius 1 is 1.11 bits per heavy atom. The summed E-state index contributed by atoms with van der Waals surface area (Å²) in [7, 11) is 0. The first-order valence-electron chi connectivity index (χ1n) is 11.8. The quantitative estimate of drug-likeness (QED) is 0.338. The van der Waals surface area contributed by atoms with Gasteiger partial charge in [-0.2, -0.15) is 0 Å². The lowest BCUT2D eigenvalue weighted by molar-refractivity contribution is -0.0231. The molecule has 1 nitrogen and oxygen atoms in total. The van der Waals surface area contributed by atoms with Crippen LogP contribution >= 0.6 is 0 Å². The second-order valence-electron chi connectivity index (χ2n) is 10.4. The van der Waals surface area contributed by atoms with E-state index in [1.807, 2.05) is 6.92 Å². The molecule has 3 aliphatic carbocycles. The van der Waals surface area contributed by atoms with Crippen LogP contribution in [0.4, 0.5) is 5.69 Å². The summed E-state index contributed by atoms with van der Waals surface area (Å²) in [6, 6.07) is 4.60. The van der Waals surface area contributed by atoms with Crippen molar-refractivity contribution in [2.45, 2.75) is 97.8 Å². The van der Waals surface area contributed by atoms with E-state index in [4.69, 9.17) is 5.73 Å². The van der Waals surface area contributed by atoms with Gasteiger partial charge in [-0.15, -0.1) is 5.92 Å². The topological polar surface area (TPSA) is 26.0 Å². The molecule has 152 valence electrons. The van der Waals surface area contributed by atoms with E-state index in [0.717, 1.165) is 29.0 Å². The Hall–Kier alpha value is -1.42. The fraction of sp³-hybridized carbons (Fsp3) is 0.704. The van der Waals surface area contributed by atoms with Crippen LogP contribution < -0.4 is 5.73 Å². The normalized spacial score (nSPS) is 36.1. The molecule has 1 aromatic rings. The predicted molar refractivity (Wildman–Crippen MR) is 120 cm³/mol. The molecule has 0 heterocycles. The molecule has 0 amide bonds. The second-order valence-corrected chi connectivity index (χ2v) is 10.4. The number of anilines is 1. The molecule has 28 heavy (non-hydrogen) atoms. The summed E-state index contributed by atoms with van der Waals surface area (Å²) in [6.07, 6.45) is 13.8. The van der Waals surface area contributed by atoms with Gasteiger partial charge in [-0.25, -0.2) is 0 Å². The van der Waals surface area contributed by atoms with Crippen LogP contribution in [-0.2, 0) is 6.42 Å². The van der Waals surface area contributed by atoms with Gasteiger partial charge in [0.25, 0.3) is 0 Å². The van der Waals surface area contributed by atoms with Crippen LogP contribution in [0.3, 0.4) is 0 Å². The highest BCUT2D eigenvalue weighted by Gasteiger charge is 2.59. The average molecular weight is 378 g/mol. The first-order valence-corrected chi connectivity index (χ1v) is 11.8. The van der Waals surface area contributed by atoms with E-state index in [2.05, 4.69) is 44.7 Å². The van der Waals surface area contributed by atoms with Gasteiger partial charge in [0.15, 0.2) is 0 Å². The third kappa shape index (κ3) is 2.99. The van der Waals surface area contributed by atoms with Crippen LogP contribution in [-0.4, -0.2) is 0 Å². The maximum Gasteiger partial charge on any atom is 0.0477 e. The Balaban J connectivity index is 1.62. The van der Waals surface area contributed by atoms with Gasteiger partial charge in [-0.3, -0.25) is 0 Å². The van der Waals surface area contributed by atoms with Crippen molar-refractivity contribution in [2.75, 3.05) is 5.73 Å². The van der Waals surface area contributed by atoms with Crippen LogP contribution in [0.2, 0.25) is 0 Å². The zero-order valence-electron chi connectivity index (χ0n) is 18.5. The van der Waals surface area contributed by atoms with E-state index in [0.29, 0.717) is 10.8 Å². The molecular weight excluding hydrogens is 338 g/mol. The molecule has 1 heteroatoms. The van der Waals surface area contributed by atoms with Crippen LogP contribution in [0.15, 0.2) is 12.1 Å². The number of hydrogen-bond donors (Lipinski definition) is 1. The Morgan fingerprint density at radius 3 is 2.68 bits per heavy atom. The molecule has 4 rings (SSSR count). The smallest absolute Gasteiger partial charge is 0.0477 e. The summed E-state index contributed by atoms with van der Waals surface area (Å²) in [5, 5.41) is 0. The standard InChI is InChI=1S/C27H39N/c1-5-7-8-14-26(3)15-13-24-22-11-10-19-18-25(28)20(9-6-2)17-23(19)21(22)12-16-27(24,26)4/h17-18,21-22,24H,5,7-8,10-16,28H2,1-4H3/t21?,22?,24?,26?,27-/m0/s1. The fourth-order valence-electron chi connectivity index (χ4n) is 7.42. The Labute approximate surface area is 172 Å². The highest BCUT2D eigenvalue weighted by Crippen LogP contribution is 2.68. The van der Waals surface area contributed by atoms with E-state index in [-0.39, 0.29) is 0 Å². The number of rotatable bonds is 4. The lowest BCUT2D eigenvalue weighted by Crippen LogP contribution is -2.46. The van der Waals surface area contributed by atoms with Gasteiger partial charge in [-0.05, 0) is 104 Å². The summed E-state index contributed by atoms with van der Waals surface area (Å²) in [6.45, 7) is 9.54. The highest BCUT2D eigenvalue weighted by atomic mass is 14.6. The maximum absolute atomic E-state index is 6.30. The molecule has 1 aromatic carbocycles. The Morgan fingerprint density at radius 2 is 1.93 bits per heavy atom. The Kier molecular flexibility index (Phi) is 5.28. The van der Waals surface area contributed by atoms with E-state index in [1.54, 1.807) is 5.56 Å². The molecule has 0 aromatic heterocycles. The molecule has 0 aliphatic heterocycles. The lowest BCUT2D eigenvalue weighted by atomic mass is 9.50. The molecule has 2 N–H and O–H groups in total. The van der Waals surface area contributed by atoms with Gasteiger partial charge in [-0.1, -0.05) is 46.0 Å². The number of fused-ring (bicyclic) bond motifs is 5. The maximum atomic E-state index is 6.30. The molecule has 0 saturated heterocycles. The van der Waals surface area contributed by atoms with Crippen LogP contribution in [0.1, 0.15) is 108 Å². The Bertz CT molecular complexity index is 796. The number of benzene rings is 1. The monoisotopic (exact) mass is 377 g/mol. The van der Waals surface area contributed by atoms with Gasteiger partial charge in [0.1, 0.15) is 0 Å². The van der Waals surface area contributed by atoms with Crippen LogP contribution in [0.5, 0.6) is 0 Å². The van der Waals surface area contributed by atoms with Crippen molar-refractivity contribution >= 4 is 5.69 Å². The SMILES string of the molecule is CC#Cc1cc2c(cc1N)CCC1C2CC[C@@]2(C)C1CCC2(C)CCCCC. The van der Waals surface area contributed by atoms with Gasteiger partial charge in [0, 0.05) is 11.3 Å². The van der Waals surface area contributed by atoms with E-state index in [1.165, 1.54) is 69.8 Å². The lowest BCUT2D eigenvalue weighted by Gasteiger charge is -2.54. The minimum absolute atomic E-state index is 0.541. The van der Waals surface area contributed by atoms with Crippen molar-refractivity contribution in [1.82, 2.24) is 0 Å². The molecule has 4 unspecified atom stereocenters. The molecule has 0 bridgehead atoms. The van der Waals surface area contributed by atoms with E-state index < -0.39 is 0 Å². The minimum Gasteiger partial charge on any atom is -0.398 e. The molecular formula is C27H39N. The number of nitrogens with two attached hydrogens (primary N) is 1. The molecule has 2 saturated carbocycles. The van der Waals surface area contributed by atoms with Crippen molar-refractivity contribution in [3.8, 4) is 11.8 Å². The third-order valence-electron chi connectivity index (χ3n) is 9.26. The first kappa shape index (κ1) is 19.9. The molecule has 5 atom stereocenters. The fourth-order valence-corrected chi connectivity index (χ4v) is 7.42. The van der Waals surface area contributed by atoms with Crippen LogP contribution in [0.25, 0.3) is 0 Å². The van der Waals surface area contributed by atoms with E-state index in [9.17, 15) is 0 Å². The zero-order chi connectivity index (χ0) is 19.9. The number of hydrogen-bond acceptors (Lipinski definition) is 1. The summed E-state index contributed by atoms with van der Waals surface area (Å²) in [5.74, 6) is 8.80. The minimum atomic E-state index is 0.541. The first-order chi connectivity index (χ1) is 13.4. The van der Waals surface area contributed by atoms with Gasteiger partial charge >= 0.3 is 0 Å².